The standard InChI is InChI=1S/C23H21FN2O2/c1-27-20-8-9-21-22(15-20)25-11-10-23(21)28-14-13-26-12-2-3-18(16-26)17-4-6-19(24)7-5-17/h2-12,15H,13-14,16H2,1H3. The average Bonchev–Trinajstić information content (AvgIpc) is 2.74. The van der Waals surface area contributed by atoms with Crippen molar-refractivity contribution in [1.29, 1.82) is 0 Å². The molecule has 1 aliphatic heterocycles. The second-order valence-electron chi connectivity index (χ2n) is 6.55. The number of nitrogens with zero attached hydrogens (tertiary/aromatic N) is 2. The van der Waals surface area contributed by atoms with Crippen LogP contribution in [0.2, 0.25) is 0 Å². The lowest BCUT2D eigenvalue weighted by Gasteiger charge is -2.25. The minimum atomic E-state index is -0.219. The zero-order valence-corrected chi connectivity index (χ0v) is 15.6. The number of halogens is 1. The Kier molecular flexibility index (Phi) is 5.24. The maximum Gasteiger partial charge on any atom is 0.130 e. The molecular formula is C23H21FN2O2. The first-order valence-electron chi connectivity index (χ1n) is 9.16. The molecule has 4 nitrogen and oxygen atoms in total. The number of allylic oxidation sites excluding steroid dienone is 2. The molecule has 1 aromatic heterocycles. The molecule has 28 heavy (non-hydrogen) atoms. The van der Waals surface area contributed by atoms with Crippen LogP contribution >= 0.6 is 0 Å². The highest BCUT2D eigenvalue weighted by Crippen LogP contribution is 2.27. The number of hydrogen-bond acceptors (Lipinski definition) is 4. The van der Waals surface area contributed by atoms with Crippen LogP contribution in [0.3, 0.4) is 0 Å². The second-order valence-corrected chi connectivity index (χ2v) is 6.55. The lowest BCUT2D eigenvalue weighted by molar-refractivity contribution is 0.267. The Morgan fingerprint density at radius 2 is 1.96 bits per heavy atom. The molecule has 0 fully saturated rings. The van der Waals surface area contributed by atoms with Crippen LogP contribution < -0.4 is 9.47 Å². The zero-order valence-electron chi connectivity index (χ0n) is 15.6. The van der Waals surface area contributed by atoms with Gasteiger partial charge in [-0.15, -0.1) is 0 Å². The predicted octanol–water partition coefficient (Wildman–Crippen LogP) is 4.67. The first-order chi connectivity index (χ1) is 13.7. The van der Waals surface area contributed by atoms with Crippen LogP contribution in [0.1, 0.15) is 5.56 Å². The van der Waals surface area contributed by atoms with Gasteiger partial charge in [-0.1, -0.05) is 18.2 Å². The smallest absolute Gasteiger partial charge is 0.130 e. The summed E-state index contributed by atoms with van der Waals surface area (Å²) in [6, 6.07) is 14.3. The molecule has 2 aromatic carbocycles. The Bertz CT molecular complexity index is 1030. The number of methoxy groups -OCH3 is 1. The third-order valence-electron chi connectivity index (χ3n) is 4.73. The van der Waals surface area contributed by atoms with Crippen LogP contribution in [0.15, 0.2) is 73.1 Å². The van der Waals surface area contributed by atoms with Gasteiger partial charge in [-0.2, -0.15) is 0 Å². The van der Waals surface area contributed by atoms with Gasteiger partial charge in [0.25, 0.3) is 0 Å². The van der Waals surface area contributed by atoms with E-state index < -0.39 is 0 Å². The number of benzene rings is 2. The molecule has 4 rings (SSSR count). The van der Waals surface area contributed by atoms with Crippen LogP contribution in [0.5, 0.6) is 11.5 Å². The first-order valence-corrected chi connectivity index (χ1v) is 9.16. The van der Waals surface area contributed by atoms with Gasteiger partial charge in [0.1, 0.15) is 23.9 Å². The predicted molar refractivity (Wildman–Crippen MR) is 109 cm³/mol. The Morgan fingerprint density at radius 1 is 1.11 bits per heavy atom. The normalized spacial score (nSPS) is 13.5. The van der Waals surface area contributed by atoms with E-state index in [0.29, 0.717) is 6.61 Å². The lowest BCUT2D eigenvalue weighted by Crippen LogP contribution is -2.26. The van der Waals surface area contributed by atoms with Crippen molar-refractivity contribution in [3.05, 3.63) is 84.5 Å². The summed E-state index contributed by atoms with van der Waals surface area (Å²) in [5.41, 5.74) is 3.03. The van der Waals surface area contributed by atoms with E-state index in [4.69, 9.17) is 9.47 Å². The molecule has 0 radical (unpaired) electrons. The number of rotatable bonds is 6. The molecule has 0 amide bonds. The fraction of sp³-hybridized carbons (Fsp3) is 0.174. The van der Waals surface area contributed by atoms with E-state index in [0.717, 1.165) is 46.6 Å². The summed E-state index contributed by atoms with van der Waals surface area (Å²) in [4.78, 5) is 6.57. The Balaban J connectivity index is 1.38. The number of aromatic nitrogens is 1. The highest BCUT2D eigenvalue weighted by molar-refractivity contribution is 5.85. The fourth-order valence-corrected chi connectivity index (χ4v) is 3.24. The zero-order chi connectivity index (χ0) is 19.3. The van der Waals surface area contributed by atoms with Gasteiger partial charge < -0.3 is 14.4 Å². The maximum atomic E-state index is 13.1. The molecule has 0 saturated heterocycles. The highest BCUT2D eigenvalue weighted by Gasteiger charge is 2.11. The van der Waals surface area contributed by atoms with Crippen molar-refractivity contribution in [3.63, 3.8) is 0 Å². The van der Waals surface area contributed by atoms with Gasteiger partial charge in [0.2, 0.25) is 0 Å². The molecule has 142 valence electrons. The van der Waals surface area contributed by atoms with Gasteiger partial charge in [-0.25, -0.2) is 4.39 Å². The van der Waals surface area contributed by atoms with Crippen molar-refractivity contribution >= 4 is 16.5 Å². The summed E-state index contributed by atoms with van der Waals surface area (Å²) in [6.07, 6.45) is 7.86. The molecule has 0 unspecified atom stereocenters. The van der Waals surface area contributed by atoms with E-state index >= 15 is 0 Å². The molecule has 5 heteroatoms. The summed E-state index contributed by atoms with van der Waals surface area (Å²) >= 11 is 0. The van der Waals surface area contributed by atoms with Gasteiger partial charge in [-0.05, 0) is 53.7 Å². The molecule has 1 aliphatic rings. The molecule has 0 bridgehead atoms. The maximum absolute atomic E-state index is 13.1. The highest BCUT2D eigenvalue weighted by atomic mass is 19.1. The average molecular weight is 376 g/mol. The van der Waals surface area contributed by atoms with Gasteiger partial charge in [0, 0.05) is 24.2 Å². The fourth-order valence-electron chi connectivity index (χ4n) is 3.24. The second kappa shape index (κ2) is 8.13. The molecule has 0 atom stereocenters. The summed E-state index contributed by atoms with van der Waals surface area (Å²) < 4.78 is 24.4. The minimum absolute atomic E-state index is 0.219. The largest absolute Gasteiger partial charge is 0.497 e. The monoisotopic (exact) mass is 376 g/mol. The Morgan fingerprint density at radius 3 is 2.79 bits per heavy atom. The summed E-state index contributed by atoms with van der Waals surface area (Å²) in [6.45, 7) is 2.06. The summed E-state index contributed by atoms with van der Waals surface area (Å²) in [5, 5.41) is 0.962. The summed E-state index contributed by atoms with van der Waals surface area (Å²) in [5.74, 6) is 1.36. The topological polar surface area (TPSA) is 34.6 Å². The quantitative estimate of drug-likeness (QED) is 0.626. The molecule has 0 aliphatic carbocycles. The van der Waals surface area contributed by atoms with E-state index in [1.165, 1.54) is 12.1 Å². The molecule has 2 heterocycles. The van der Waals surface area contributed by atoms with Gasteiger partial charge in [-0.3, -0.25) is 4.98 Å². The van der Waals surface area contributed by atoms with E-state index in [2.05, 4.69) is 16.0 Å². The molecule has 3 aromatic rings. The summed E-state index contributed by atoms with van der Waals surface area (Å²) in [7, 11) is 1.64. The van der Waals surface area contributed by atoms with E-state index in [-0.39, 0.29) is 5.82 Å². The van der Waals surface area contributed by atoms with Crippen molar-refractivity contribution in [2.75, 3.05) is 26.8 Å². The van der Waals surface area contributed by atoms with Crippen molar-refractivity contribution < 1.29 is 13.9 Å². The number of ether oxygens (including phenoxy) is 2. The molecular weight excluding hydrogens is 355 g/mol. The van der Waals surface area contributed by atoms with E-state index in [1.807, 2.05) is 48.7 Å². The van der Waals surface area contributed by atoms with Crippen LogP contribution in [0.25, 0.3) is 16.5 Å². The van der Waals surface area contributed by atoms with Crippen LogP contribution in [-0.4, -0.2) is 36.7 Å². The van der Waals surface area contributed by atoms with Crippen molar-refractivity contribution in [1.82, 2.24) is 9.88 Å². The Hall–Kier alpha value is -3.34. The SMILES string of the molecule is COc1ccc2c(OCCN3C=CC=C(c4ccc(F)cc4)C3)ccnc2c1. The van der Waals surface area contributed by atoms with Crippen molar-refractivity contribution in [2.45, 2.75) is 0 Å². The Labute approximate surface area is 163 Å². The molecule has 0 spiro atoms. The van der Waals surface area contributed by atoms with E-state index in [9.17, 15) is 4.39 Å². The number of pyridine rings is 1. The van der Waals surface area contributed by atoms with Crippen molar-refractivity contribution in [2.24, 2.45) is 0 Å². The lowest BCUT2D eigenvalue weighted by atomic mass is 10.0. The van der Waals surface area contributed by atoms with Crippen LogP contribution in [0.4, 0.5) is 4.39 Å². The number of hydrogen-bond donors (Lipinski definition) is 0. The van der Waals surface area contributed by atoms with Crippen molar-refractivity contribution in [3.8, 4) is 11.5 Å². The van der Waals surface area contributed by atoms with Gasteiger partial charge >= 0.3 is 0 Å². The van der Waals surface area contributed by atoms with Gasteiger partial charge in [0.05, 0.1) is 19.2 Å². The van der Waals surface area contributed by atoms with Crippen LogP contribution in [0, 0.1) is 5.82 Å². The third kappa shape index (κ3) is 3.98. The third-order valence-corrected chi connectivity index (χ3v) is 4.73. The van der Waals surface area contributed by atoms with E-state index in [1.54, 1.807) is 13.3 Å². The minimum Gasteiger partial charge on any atom is -0.497 e. The van der Waals surface area contributed by atoms with Gasteiger partial charge in [0.15, 0.2) is 0 Å². The van der Waals surface area contributed by atoms with Crippen LogP contribution in [-0.2, 0) is 0 Å². The molecule has 0 N–H and O–H groups in total. The molecule has 0 saturated carbocycles. The first kappa shape index (κ1) is 18.0. The number of fused-ring (bicyclic) bond motifs is 1.